The normalized spacial score (nSPS) is 12.6. The van der Waals surface area contributed by atoms with E-state index in [2.05, 4.69) is 38.4 Å². The maximum absolute atomic E-state index is 5.88. The van der Waals surface area contributed by atoms with E-state index in [1.165, 1.54) is 11.3 Å². The van der Waals surface area contributed by atoms with Gasteiger partial charge in [-0.25, -0.2) is 4.98 Å². The third kappa shape index (κ3) is 4.09. The van der Waals surface area contributed by atoms with Crippen LogP contribution >= 0.6 is 38.9 Å². The van der Waals surface area contributed by atoms with Crippen molar-refractivity contribution in [2.75, 3.05) is 5.33 Å². The predicted octanol–water partition coefficient (Wildman–Crippen LogP) is 4.59. The van der Waals surface area contributed by atoms with E-state index >= 15 is 0 Å². The number of aromatic nitrogens is 1. The van der Waals surface area contributed by atoms with Crippen LogP contribution < -0.4 is 0 Å². The zero-order valence-electron chi connectivity index (χ0n) is 9.27. The third-order valence-corrected chi connectivity index (χ3v) is 4.44. The van der Waals surface area contributed by atoms with E-state index in [9.17, 15) is 0 Å². The minimum atomic E-state index is 0.582. The highest BCUT2D eigenvalue weighted by Gasteiger charge is 2.10. The molecule has 0 radical (unpaired) electrons. The Kier molecular flexibility index (Phi) is 5.01. The molecule has 1 heterocycles. The van der Waals surface area contributed by atoms with Gasteiger partial charge in [-0.15, -0.1) is 11.3 Å². The molecule has 0 aliphatic carbocycles. The summed E-state index contributed by atoms with van der Waals surface area (Å²) in [7, 11) is 0. The Hall–Kier alpha value is -0.380. The predicted molar refractivity (Wildman–Crippen MR) is 78.3 cm³/mol. The molecule has 0 bridgehead atoms. The molecule has 0 fully saturated rings. The van der Waals surface area contributed by atoms with E-state index in [1.807, 2.05) is 17.6 Å². The van der Waals surface area contributed by atoms with Crippen molar-refractivity contribution in [1.82, 2.24) is 4.98 Å². The first kappa shape index (κ1) is 13.1. The summed E-state index contributed by atoms with van der Waals surface area (Å²) in [4.78, 5) is 4.34. The fourth-order valence-electron chi connectivity index (χ4n) is 1.77. The van der Waals surface area contributed by atoms with Crippen LogP contribution in [0.4, 0.5) is 0 Å². The van der Waals surface area contributed by atoms with Gasteiger partial charge in [0.15, 0.2) is 0 Å². The number of alkyl halides is 1. The van der Waals surface area contributed by atoms with Gasteiger partial charge in [-0.3, -0.25) is 0 Å². The molecule has 1 aromatic carbocycles. The minimum absolute atomic E-state index is 0.582. The molecule has 0 N–H and O–H groups in total. The second-order valence-electron chi connectivity index (χ2n) is 4.03. The molecule has 0 aliphatic rings. The summed E-state index contributed by atoms with van der Waals surface area (Å²) < 4.78 is 0. The molecule has 1 aromatic heterocycles. The molecule has 17 heavy (non-hydrogen) atoms. The summed E-state index contributed by atoms with van der Waals surface area (Å²) in [5.74, 6) is 0.582. The van der Waals surface area contributed by atoms with Gasteiger partial charge in [-0.05, 0) is 36.5 Å². The lowest BCUT2D eigenvalue weighted by atomic mass is 9.97. The Balaban J connectivity index is 1.97. The first-order valence-electron chi connectivity index (χ1n) is 5.45. The number of halogens is 2. The molecule has 2 rings (SSSR count). The molecule has 0 aliphatic heterocycles. The van der Waals surface area contributed by atoms with Crippen LogP contribution in [0.5, 0.6) is 0 Å². The summed E-state index contributed by atoms with van der Waals surface area (Å²) in [6.45, 7) is 0. The van der Waals surface area contributed by atoms with Crippen molar-refractivity contribution in [1.29, 1.82) is 0 Å². The second-order valence-corrected chi connectivity index (χ2v) is 5.84. The second kappa shape index (κ2) is 6.53. The molecule has 0 saturated carbocycles. The summed E-state index contributed by atoms with van der Waals surface area (Å²) in [6, 6.07) is 8.09. The Morgan fingerprint density at radius 3 is 2.59 bits per heavy atom. The molecule has 90 valence electrons. The van der Waals surface area contributed by atoms with Crippen molar-refractivity contribution in [2.45, 2.75) is 12.8 Å². The number of hydrogen-bond acceptors (Lipinski definition) is 2. The van der Waals surface area contributed by atoms with Crippen LogP contribution in [-0.2, 0) is 12.8 Å². The van der Waals surface area contributed by atoms with Gasteiger partial charge in [0.25, 0.3) is 0 Å². The summed E-state index contributed by atoms with van der Waals surface area (Å²) in [6.07, 6.45) is 2.08. The molecule has 2 aromatic rings. The number of benzene rings is 1. The smallest absolute Gasteiger partial charge is 0.0794 e. The van der Waals surface area contributed by atoms with E-state index < -0.39 is 0 Å². The van der Waals surface area contributed by atoms with E-state index in [0.29, 0.717) is 5.92 Å². The Bertz CT molecular complexity index is 441. The van der Waals surface area contributed by atoms with Gasteiger partial charge < -0.3 is 0 Å². The summed E-state index contributed by atoms with van der Waals surface area (Å²) in [5, 5.41) is 3.91. The standard InChI is InChI=1S/C13H13BrClNS/c14-7-11(6-13-8-17-9-16-13)5-10-1-3-12(15)4-2-10/h1-4,8-9,11H,5-7H2. The monoisotopic (exact) mass is 329 g/mol. The fraction of sp³-hybridized carbons (Fsp3) is 0.308. The largest absolute Gasteiger partial charge is 0.250 e. The molecule has 1 atom stereocenters. The maximum atomic E-state index is 5.88. The maximum Gasteiger partial charge on any atom is 0.0794 e. The molecule has 0 amide bonds. The molecular weight excluding hydrogens is 318 g/mol. The lowest BCUT2D eigenvalue weighted by molar-refractivity contribution is 0.584. The van der Waals surface area contributed by atoms with E-state index in [1.54, 1.807) is 11.3 Å². The molecule has 0 saturated heterocycles. The summed E-state index contributed by atoms with van der Waals surface area (Å²) in [5.41, 5.74) is 4.41. The Morgan fingerprint density at radius 2 is 2.00 bits per heavy atom. The third-order valence-electron chi connectivity index (χ3n) is 2.64. The van der Waals surface area contributed by atoms with Crippen molar-refractivity contribution in [3.8, 4) is 0 Å². The van der Waals surface area contributed by atoms with Crippen LogP contribution in [0.3, 0.4) is 0 Å². The van der Waals surface area contributed by atoms with Crippen LogP contribution in [0.25, 0.3) is 0 Å². The summed E-state index contributed by atoms with van der Waals surface area (Å²) >= 11 is 11.1. The van der Waals surface area contributed by atoms with Gasteiger partial charge in [0, 0.05) is 15.7 Å². The number of nitrogens with zero attached hydrogens (tertiary/aromatic N) is 1. The van der Waals surface area contributed by atoms with Gasteiger partial charge in [0.05, 0.1) is 11.2 Å². The highest BCUT2D eigenvalue weighted by atomic mass is 79.9. The van der Waals surface area contributed by atoms with Crippen LogP contribution in [0.1, 0.15) is 11.3 Å². The molecule has 1 unspecified atom stereocenters. The molecule has 1 nitrogen and oxygen atoms in total. The van der Waals surface area contributed by atoms with Gasteiger partial charge in [0.1, 0.15) is 0 Å². The van der Waals surface area contributed by atoms with Gasteiger partial charge >= 0.3 is 0 Å². The van der Waals surface area contributed by atoms with Crippen molar-refractivity contribution in [3.05, 3.63) is 51.4 Å². The first-order valence-corrected chi connectivity index (χ1v) is 7.89. The van der Waals surface area contributed by atoms with E-state index in [0.717, 1.165) is 23.2 Å². The lowest BCUT2D eigenvalue weighted by Gasteiger charge is -2.12. The Labute approximate surface area is 119 Å². The average molecular weight is 331 g/mol. The van der Waals surface area contributed by atoms with Crippen LogP contribution in [0.15, 0.2) is 35.2 Å². The zero-order valence-corrected chi connectivity index (χ0v) is 12.4. The van der Waals surface area contributed by atoms with Crippen molar-refractivity contribution in [3.63, 3.8) is 0 Å². The zero-order chi connectivity index (χ0) is 12.1. The minimum Gasteiger partial charge on any atom is -0.250 e. The Morgan fingerprint density at radius 1 is 1.24 bits per heavy atom. The number of rotatable bonds is 5. The topological polar surface area (TPSA) is 12.9 Å². The van der Waals surface area contributed by atoms with Gasteiger partial charge in [-0.1, -0.05) is 39.7 Å². The van der Waals surface area contributed by atoms with Gasteiger partial charge in [-0.2, -0.15) is 0 Å². The van der Waals surface area contributed by atoms with Crippen molar-refractivity contribution >= 4 is 38.9 Å². The van der Waals surface area contributed by atoms with E-state index in [4.69, 9.17) is 11.6 Å². The SMILES string of the molecule is Clc1ccc(CC(CBr)Cc2cscn2)cc1. The first-order chi connectivity index (χ1) is 8.28. The highest BCUT2D eigenvalue weighted by molar-refractivity contribution is 9.09. The quantitative estimate of drug-likeness (QED) is 0.731. The molecule has 4 heteroatoms. The average Bonchev–Trinajstić information content (AvgIpc) is 2.84. The molecule has 0 spiro atoms. The van der Waals surface area contributed by atoms with Crippen molar-refractivity contribution in [2.24, 2.45) is 5.92 Å². The van der Waals surface area contributed by atoms with Crippen molar-refractivity contribution < 1.29 is 0 Å². The van der Waals surface area contributed by atoms with Gasteiger partial charge in [0.2, 0.25) is 0 Å². The van der Waals surface area contributed by atoms with Crippen LogP contribution in [0.2, 0.25) is 5.02 Å². The number of thiazole rings is 1. The highest BCUT2D eigenvalue weighted by Crippen LogP contribution is 2.18. The molecular formula is C13H13BrClNS. The lowest BCUT2D eigenvalue weighted by Crippen LogP contribution is -2.10. The fourth-order valence-corrected chi connectivity index (χ4v) is 2.92. The number of hydrogen-bond donors (Lipinski definition) is 0. The van der Waals surface area contributed by atoms with Crippen LogP contribution in [-0.4, -0.2) is 10.3 Å². The van der Waals surface area contributed by atoms with E-state index in [-0.39, 0.29) is 0 Å². The van der Waals surface area contributed by atoms with Crippen LogP contribution in [0, 0.1) is 5.92 Å².